The van der Waals surface area contributed by atoms with E-state index >= 15 is 0 Å². The molecule has 0 radical (unpaired) electrons. The lowest BCUT2D eigenvalue weighted by Crippen LogP contribution is -2.24. The van der Waals surface area contributed by atoms with E-state index in [9.17, 15) is 15.0 Å². The Morgan fingerprint density at radius 1 is 1.44 bits per heavy atom. The molecule has 4 nitrogen and oxygen atoms in total. The third kappa shape index (κ3) is 3.01. The largest absolute Gasteiger partial charge is 0.505 e. The van der Waals surface area contributed by atoms with Crippen molar-refractivity contribution in [2.24, 2.45) is 0 Å². The second-order valence-electron chi connectivity index (χ2n) is 3.15. The molecule has 0 amide bonds. The van der Waals surface area contributed by atoms with E-state index in [0.29, 0.717) is 5.56 Å². The molecule has 1 rings (SSSR count). The molecule has 0 fully saturated rings. The molecular formula is C10H10Cl2O4. The fourth-order valence-corrected chi connectivity index (χ4v) is 1.71. The monoisotopic (exact) mass is 264 g/mol. The minimum atomic E-state index is -1.28. The lowest BCUT2D eigenvalue weighted by Gasteiger charge is -2.09. The zero-order valence-corrected chi connectivity index (χ0v) is 9.92. The number of esters is 1. The molecule has 0 saturated heterocycles. The SMILES string of the molecule is COC(=O)C(O)Cc1cc(Cl)c(O)c(Cl)c1. The van der Waals surface area contributed by atoms with Crippen LogP contribution in [0.5, 0.6) is 5.75 Å². The van der Waals surface area contributed by atoms with Crippen molar-refractivity contribution in [2.45, 2.75) is 12.5 Å². The van der Waals surface area contributed by atoms with Crippen LogP contribution in [0.15, 0.2) is 12.1 Å². The van der Waals surface area contributed by atoms with Gasteiger partial charge in [-0.1, -0.05) is 23.2 Å². The molecule has 16 heavy (non-hydrogen) atoms. The van der Waals surface area contributed by atoms with Gasteiger partial charge in [0, 0.05) is 6.42 Å². The molecule has 1 unspecified atom stereocenters. The van der Waals surface area contributed by atoms with E-state index in [1.807, 2.05) is 0 Å². The van der Waals surface area contributed by atoms with Crippen LogP contribution in [0.25, 0.3) is 0 Å². The predicted molar refractivity (Wildman–Crippen MR) is 59.9 cm³/mol. The van der Waals surface area contributed by atoms with Crippen molar-refractivity contribution >= 4 is 29.2 Å². The van der Waals surface area contributed by atoms with Crippen molar-refractivity contribution in [1.82, 2.24) is 0 Å². The van der Waals surface area contributed by atoms with E-state index in [4.69, 9.17) is 23.2 Å². The summed E-state index contributed by atoms with van der Waals surface area (Å²) < 4.78 is 4.36. The van der Waals surface area contributed by atoms with Crippen LogP contribution in [0.3, 0.4) is 0 Å². The number of rotatable bonds is 3. The summed E-state index contributed by atoms with van der Waals surface area (Å²) in [6.07, 6.45) is -1.26. The summed E-state index contributed by atoms with van der Waals surface area (Å²) in [5.41, 5.74) is 0.533. The quantitative estimate of drug-likeness (QED) is 0.817. The van der Waals surface area contributed by atoms with Gasteiger partial charge in [0.05, 0.1) is 17.2 Å². The molecule has 1 aromatic carbocycles. The molecule has 0 aliphatic rings. The Labute approximate surface area is 102 Å². The van der Waals surface area contributed by atoms with Crippen LogP contribution in [0, 0.1) is 0 Å². The van der Waals surface area contributed by atoms with E-state index in [-0.39, 0.29) is 22.2 Å². The summed E-state index contributed by atoms with van der Waals surface area (Å²) in [6, 6.07) is 2.85. The number of hydrogen-bond acceptors (Lipinski definition) is 4. The highest BCUT2D eigenvalue weighted by atomic mass is 35.5. The Hall–Kier alpha value is -0.970. The van der Waals surface area contributed by atoms with Crippen molar-refractivity contribution in [1.29, 1.82) is 0 Å². The van der Waals surface area contributed by atoms with E-state index < -0.39 is 12.1 Å². The number of phenols is 1. The first kappa shape index (κ1) is 13.1. The zero-order chi connectivity index (χ0) is 12.3. The Kier molecular flexibility index (Phi) is 4.41. The van der Waals surface area contributed by atoms with Gasteiger partial charge < -0.3 is 14.9 Å². The molecule has 0 aromatic heterocycles. The fraction of sp³-hybridized carbons (Fsp3) is 0.300. The zero-order valence-electron chi connectivity index (χ0n) is 8.41. The van der Waals surface area contributed by atoms with Crippen molar-refractivity contribution < 1.29 is 19.7 Å². The predicted octanol–water partition coefficient (Wildman–Crippen LogP) is 1.78. The van der Waals surface area contributed by atoms with Crippen molar-refractivity contribution in [3.63, 3.8) is 0 Å². The maximum atomic E-state index is 11.0. The van der Waals surface area contributed by atoms with Crippen molar-refractivity contribution in [3.05, 3.63) is 27.7 Å². The number of halogens is 2. The Balaban J connectivity index is 2.86. The lowest BCUT2D eigenvalue weighted by molar-refractivity contribution is -0.150. The number of methoxy groups -OCH3 is 1. The Morgan fingerprint density at radius 2 is 1.94 bits per heavy atom. The average molecular weight is 265 g/mol. The standard InChI is InChI=1S/C10H10Cl2O4/c1-16-10(15)8(13)4-5-2-6(11)9(14)7(12)3-5/h2-3,8,13-14H,4H2,1H3. The Morgan fingerprint density at radius 3 is 2.38 bits per heavy atom. The van der Waals surface area contributed by atoms with Gasteiger partial charge in [-0.3, -0.25) is 0 Å². The first-order valence-electron chi connectivity index (χ1n) is 4.38. The van der Waals surface area contributed by atoms with Gasteiger partial charge in [0.15, 0.2) is 11.9 Å². The number of carbonyl (C=O) groups excluding carboxylic acids is 1. The summed E-state index contributed by atoms with van der Waals surface area (Å²) in [5.74, 6) is -0.958. The maximum Gasteiger partial charge on any atom is 0.335 e. The molecule has 1 aromatic rings. The van der Waals surface area contributed by atoms with Crippen LogP contribution >= 0.6 is 23.2 Å². The molecule has 2 N–H and O–H groups in total. The number of ether oxygens (including phenoxy) is 1. The summed E-state index contributed by atoms with van der Waals surface area (Å²) in [5, 5.41) is 18.8. The molecule has 1 atom stereocenters. The van der Waals surface area contributed by atoms with Crippen LogP contribution in [0.2, 0.25) is 10.0 Å². The topological polar surface area (TPSA) is 66.8 Å². The van der Waals surface area contributed by atoms with Crippen LogP contribution in [0.1, 0.15) is 5.56 Å². The first-order chi connectivity index (χ1) is 7.45. The minimum Gasteiger partial charge on any atom is -0.505 e. The molecule has 0 aliphatic heterocycles. The first-order valence-corrected chi connectivity index (χ1v) is 5.14. The van der Waals surface area contributed by atoms with Crippen LogP contribution in [-0.2, 0) is 16.0 Å². The normalized spacial score (nSPS) is 12.2. The fourth-order valence-electron chi connectivity index (χ4n) is 1.18. The molecule has 0 aliphatic carbocycles. The molecule has 0 bridgehead atoms. The van der Waals surface area contributed by atoms with Gasteiger partial charge in [0.2, 0.25) is 0 Å². The second-order valence-corrected chi connectivity index (χ2v) is 3.97. The van der Waals surface area contributed by atoms with Gasteiger partial charge >= 0.3 is 5.97 Å². The number of aliphatic hydroxyl groups excluding tert-OH is 1. The Bertz CT molecular complexity index is 383. The van der Waals surface area contributed by atoms with Gasteiger partial charge in [-0.25, -0.2) is 4.79 Å². The number of hydrogen-bond donors (Lipinski definition) is 2. The van der Waals surface area contributed by atoms with Crippen LogP contribution in [0.4, 0.5) is 0 Å². The minimum absolute atomic E-state index is 0.0202. The van der Waals surface area contributed by atoms with Gasteiger partial charge in [-0.2, -0.15) is 0 Å². The average Bonchev–Trinajstić information content (AvgIpc) is 2.24. The van der Waals surface area contributed by atoms with Gasteiger partial charge in [0.1, 0.15) is 0 Å². The second kappa shape index (κ2) is 5.39. The summed E-state index contributed by atoms with van der Waals surface area (Å²) in [7, 11) is 1.18. The van der Waals surface area contributed by atoms with Crippen LogP contribution in [-0.4, -0.2) is 29.4 Å². The third-order valence-corrected chi connectivity index (χ3v) is 2.56. The summed E-state index contributed by atoms with van der Waals surface area (Å²) in [4.78, 5) is 11.0. The van der Waals surface area contributed by atoms with Gasteiger partial charge in [-0.15, -0.1) is 0 Å². The van der Waals surface area contributed by atoms with Crippen LogP contribution < -0.4 is 0 Å². The highest BCUT2D eigenvalue weighted by Crippen LogP contribution is 2.33. The molecule has 0 spiro atoms. The number of aromatic hydroxyl groups is 1. The molecule has 88 valence electrons. The van der Waals surface area contributed by atoms with Gasteiger partial charge in [0.25, 0.3) is 0 Å². The maximum absolute atomic E-state index is 11.0. The molecule has 0 saturated carbocycles. The van der Waals surface area contributed by atoms with E-state index in [0.717, 1.165) is 0 Å². The highest BCUT2D eigenvalue weighted by molar-refractivity contribution is 6.37. The number of aliphatic hydroxyl groups is 1. The van der Waals surface area contributed by atoms with Gasteiger partial charge in [-0.05, 0) is 17.7 Å². The number of phenolic OH excluding ortho intramolecular Hbond substituents is 1. The van der Waals surface area contributed by atoms with Crippen molar-refractivity contribution in [2.75, 3.05) is 7.11 Å². The number of benzene rings is 1. The van der Waals surface area contributed by atoms with E-state index in [1.165, 1.54) is 19.2 Å². The van der Waals surface area contributed by atoms with Crippen molar-refractivity contribution in [3.8, 4) is 5.75 Å². The third-order valence-electron chi connectivity index (χ3n) is 1.98. The number of carbonyl (C=O) groups is 1. The smallest absolute Gasteiger partial charge is 0.335 e. The molecule has 0 heterocycles. The molecule has 6 heteroatoms. The molecular weight excluding hydrogens is 255 g/mol. The summed E-state index contributed by atoms with van der Waals surface area (Å²) in [6.45, 7) is 0. The summed E-state index contributed by atoms with van der Waals surface area (Å²) >= 11 is 11.4. The van der Waals surface area contributed by atoms with E-state index in [2.05, 4.69) is 4.74 Å². The van der Waals surface area contributed by atoms with E-state index in [1.54, 1.807) is 0 Å². The highest BCUT2D eigenvalue weighted by Gasteiger charge is 2.17. The lowest BCUT2D eigenvalue weighted by atomic mass is 10.1.